The first kappa shape index (κ1) is 14.8. The second kappa shape index (κ2) is 6.23. The zero-order chi connectivity index (χ0) is 14.6. The van der Waals surface area contributed by atoms with Gasteiger partial charge in [-0.05, 0) is 37.0 Å². The van der Waals surface area contributed by atoms with E-state index >= 15 is 0 Å². The van der Waals surface area contributed by atoms with Gasteiger partial charge in [-0.15, -0.1) is 0 Å². The van der Waals surface area contributed by atoms with Crippen molar-refractivity contribution in [3.8, 4) is 0 Å². The minimum absolute atomic E-state index is 0.667. The van der Waals surface area contributed by atoms with Crippen LogP contribution < -0.4 is 0 Å². The molecule has 0 spiro atoms. The highest BCUT2D eigenvalue weighted by molar-refractivity contribution is 5.32. The average molecular weight is 268 g/mol. The first-order valence-electron chi connectivity index (χ1n) is 7.35. The number of benzene rings is 2. The summed E-state index contributed by atoms with van der Waals surface area (Å²) in [7, 11) is 0. The van der Waals surface area contributed by atoms with Crippen molar-refractivity contribution < 1.29 is 5.11 Å². The lowest BCUT2D eigenvalue weighted by molar-refractivity contribution is 0.0367. The van der Waals surface area contributed by atoms with Crippen LogP contribution >= 0.6 is 0 Å². The summed E-state index contributed by atoms with van der Waals surface area (Å²) in [4.78, 5) is 0. The predicted molar refractivity (Wildman–Crippen MR) is 85.0 cm³/mol. The van der Waals surface area contributed by atoms with Crippen LogP contribution in [0.5, 0.6) is 0 Å². The summed E-state index contributed by atoms with van der Waals surface area (Å²) < 4.78 is 0. The van der Waals surface area contributed by atoms with Crippen molar-refractivity contribution >= 4 is 0 Å². The van der Waals surface area contributed by atoms with E-state index in [1.54, 1.807) is 0 Å². The number of rotatable bonds is 5. The minimum atomic E-state index is -0.667. The smallest absolute Gasteiger partial charge is 0.0725 e. The highest BCUT2D eigenvalue weighted by Gasteiger charge is 2.26. The van der Waals surface area contributed by atoms with Crippen LogP contribution in [-0.4, -0.2) is 10.7 Å². The van der Waals surface area contributed by atoms with Gasteiger partial charge in [0.05, 0.1) is 5.60 Å². The Morgan fingerprint density at radius 2 is 1.65 bits per heavy atom. The molecule has 0 aliphatic carbocycles. The summed E-state index contributed by atoms with van der Waals surface area (Å²) in [5.41, 5.74) is 4.30. The SMILES string of the molecule is CCC(O)(Cc1ccccc1)Cc1cc(C)ccc1C. The Morgan fingerprint density at radius 3 is 2.30 bits per heavy atom. The Hall–Kier alpha value is -1.60. The van der Waals surface area contributed by atoms with Crippen LogP contribution in [0.2, 0.25) is 0 Å². The molecule has 2 aromatic carbocycles. The Bertz CT molecular complexity index is 559. The maximum Gasteiger partial charge on any atom is 0.0725 e. The molecule has 0 saturated carbocycles. The molecule has 0 aliphatic rings. The van der Waals surface area contributed by atoms with Crippen molar-refractivity contribution in [3.63, 3.8) is 0 Å². The second-order valence-corrected chi connectivity index (χ2v) is 5.85. The lowest BCUT2D eigenvalue weighted by Gasteiger charge is -2.28. The molecule has 0 radical (unpaired) electrons. The summed E-state index contributed by atoms with van der Waals surface area (Å²) >= 11 is 0. The first-order valence-corrected chi connectivity index (χ1v) is 7.35. The fraction of sp³-hybridized carbons (Fsp3) is 0.368. The third-order valence-corrected chi connectivity index (χ3v) is 4.06. The van der Waals surface area contributed by atoms with E-state index in [1.165, 1.54) is 22.3 Å². The van der Waals surface area contributed by atoms with Gasteiger partial charge in [0.1, 0.15) is 0 Å². The molecule has 0 bridgehead atoms. The lowest BCUT2D eigenvalue weighted by atomic mass is 9.84. The van der Waals surface area contributed by atoms with Gasteiger partial charge in [-0.2, -0.15) is 0 Å². The van der Waals surface area contributed by atoms with E-state index < -0.39 is 5.60 Å². The van der Waals surface area contributed by atoms with Gasteiger partial charge in [-0.3, -0.25) is 0 Å². The van der Waals surface area contributed by atoms with E-state index in [0.717, 1.165) is 6.42 Å². The van der Waals surface area contributed by atoms with Crippen LogP contribution in [-0.2, 0) is 12.8 Å². The van der Waals surface area contributed by atoms with Gasteiger partial charge in [-0.25, -0.2) is 0 Å². The standard InChI is InChI=1S/C19H24O/c1-4-19(20,13-17-8-6-5-7-9-17)14-18-12-15(2)10-11-16(18)3/h5-12,20H,4,13-14H2,1-3H3. The first-order chi connectivity index (χ1) is 9.52. The van der Waals surface area contributed by atoms with Gasteiger partial charge in [-0.1, -0.05) is 61.0 Å². The molecule has 1 unspecified atom stereocenters. The molecule has 1 N–H and O–H groups in total. The normalized spacial score (nSPS) is 14.0. The molecule has 0 saturated heterocycles. The molecule has 1 atom stereocenters. The van der Waals surface area contributed by atoms with E-state index in [2.05, 4.69) is 51.1 Å². The van der Waals surface area contributed by atoms with E-state index in [1.807, 2.05) is 18.2 Å². The van der Waals surface area contributed by atoms with Crippen molar-refractivity contribution in [1.29, 1.82) is 0 Å². The van der Waals surface area contributed by atoms with Crippen LogP contribution in [0.15, 0.2) is 48.5 Å². The van der Waals surface area contributed by atoms with Crippen molar-refractivity contribution in [2.45, 2.75) is 45.6 Å². The van der Waals surface area contributed by atoms with Crippen LogP contribution in [0, 0.1) is 13.8 Å². The van der Waals surface area contributed by atoms with Crippen LogP contribution in [0.25, 0.3) is 0 Å². The van der Waals surface area contributed by atoms with Crippen LogP contribution in [0.1, 0.15) is 35.6 Å². The zero-order valence-electron chi connectivity index (χ0n) is 12.7. The molecule has 106 valence electrons. The Morgan fingerprint density at radius 1 is 0.950 bits per heavy atom. The quantitative estimate of drug-likeness (QED) is 0.860. The molecule has 0 fully saturated rings. The molecule has 20 heavy (non-hydrogen) atoms. The molecular weight excluding hydrogens is 244 g/mol. The summed E-state index contributed by atoms with van der Waals surface area (Å²) in [6.07, 6.45) is 2.18. The van der Waals surface area contributed by atoms with Crippen molar-refractivity contribution in [1.82, 2.24) is 0 Å². The van der Waals surface area contributed by atoms with E-state index in [0.29, 0.717) is 12.8 Å². The largest absolute Gasteiger partial charge is 0.389 e. The summed E-state index contributed by atoms with van der Waals surface area (Å²) in [5, 5.41) is 10.9. The molecule has 0 amide bonds. The Kier molecular flexibility index (Phi) is 4.61. The lowest BCUT2D eigenvalue weighted by Crippen LogP contribution is -2.33. The van der Waals surface area contributed by atoms with Gasteiger partial charge in [0, 0.05) is 12.8 Å². The van der Waals surface area contributed by atoms with Crippen LogP contribution in [0.4, 0.5) is 0 Å². The molecular formula is C19H24O. The number of hydrogen-bond acceptors (Lipinski definition) is 1. The fourth-order valence-corrected chi connectivity index (χ4v) is 2.63. The maximum absolute atomic E-state index is 10.9. The minimum Gasteiger partial charge on any atom is -0.389 e. The van der Waals surface area contributed by atoms with Gasteiger partial charge in [0.15, 0.2) is 0 Å². The molecule has 0 aromatic heterocycles. The summed E-state index contributed by atoms with van der Waals surface area (Å²) in [6, 6.07) is 16.7. The van der Waals surface area contributed by atoms with Crippen molar-refractivity contribution in [2.24, 2.45) is 0 Å². The van der Waals surface area contributed by atoms with Gasteiger partial charge in [0.25, 0.3) is 0 Å². The monoisotopic (exact) mass is 268 g/mol. The van der Waals surface area contributed by atoms with Crippen molar-refractivity contribution in [3.05, 3.63) is 70.8 Å². The summed E-state index contributed by atoms with van der Waals surface area (Å²) in [5.74, 6) is 0. The van der Waals surface area contributed by atoms with Gasteiger partial charge < -0.3 is 5.11 Å². The molecule has 0 aliphatic heterocycles. The van der Waals surface area contributed by atoms with Crippen LogP contribution in [0.3, 0.4) is 0 Å². The van der Waals surface area contributed by atoms with E-state index in [-0.39, 0.29) is 0 Å². The molecule has 0 heterocycles. The molecule has 1 heteroatoms. The van der Waals surface area contributed by atoms with E-state index in [4.69, 9.17) is 0 Å². The zero-order valence-corrected chi connectivity index (χ0v) is 12.7. The highest BCUT2D eigenvalue weighted by atomic mass is 16.3. The molecule has 2 rings (SSSR count). The second-order valence-electron chi connectivity index (χ2n) is 5.85. The molecule has 2 aromatic rings. The predicted octanol–water partition coefficient (Wildman–Crippen LogP) is 4.23. The van der Waals surface area contributed by atoms with Gasteiger partial charge >= 0.3 is 0 Å². The highest BCUT2D eigenvalue weighted by Crippen LogP contribution is 2.24. The average Bonchev–Trinajstić information content (AvgIpc) is 2.44. The third kappa shape index (κ3) is 3.71. The third-order valence-electron chi connectivity index (χ3n) is 4.06. The van der Waals surface area contributed by atoms with Crippen molar-refractivity contribution in [2.75, 3.05) is 0 Å². The molecule has 1 nitrogen and oxygen atoms in total. The maximum atomic E-state index is 10.9. The topological polar surface area (TPSA) is 20.2 Å². The number of hydrogen-bond donors (Lipinski definition) is 1. The number of aryl methyl sites for hydroxylation is 2. The Labute approximate surface area is 122 Å². The van der Waals surface area contributed by atoms with Gasteiger partial charge in [0.2, 0.25) is 0 Å². The van der Waals surface area contributed by atoms with E-state index in [9.17, 15) is 5.11 Å². The fourth-order valence-electron chi connectivity index (χ4n) is 2.63. The Balaban J connectivity index is 2.20. The summed E-state index contributed by atoms with van der Waals surface area (Å²) in [6.45, 7) is 6.28. The number of aliphatic hydroxyl groups is 1.